The first-order valence-electron chi connectivity index (χ1n) is 7.50. The Morgan fingerprint density at radius 3 is 2.76 bits per heavy atom. The molecule has 0 aromatic heterocycles. The molecule has 1 saturated heterocycles. The third-order valence-electron chi connectivity index (χ3n) is 4.09. The maximum Gasteiger partial charge on any atom is 0.241 e. The molecule has 114 valence electrons. The van der Waals surface area contributed by atoms with Crippen molar-refractivity contribution in [1.82, 2.24) is 0 Å². The van der Waals surface area contributed by atoms with Gasteiger partial charge in [0.2, 0.25) is 11.8 Å². The van der Waals surface area contributed by atoms with Gasteiger partial charge in [-0.2, -0.15) is 0 Å². The topological polar surface area (TPSA) is 75.4 Å². The third kappa shape index (κ3) is 3.42. The van der Waals surface area contributed by atoms with Crippen molar-refractivity contribution in [2.45, 2.75) is 39.2 Å². The normalized spacial score (nSPS) is 17.7. The quantitative estimate of drug-likeness (QED) is 0.872. The number of benzene rings is 1. The second-order valence-corrected chi connectivity index (χ2v) is 5.57. The van der Waals surface area contributed by atoms with E-state index in [2.05, 4.69) is 5.32 Å². The van der Waals surface area contributed by atoms with E-state index >= 15 is 0 Å². The average Bonchev–Trinajstić information content (AvgIpc) is 2.92. The standard InChI is InChI=1S/C16H23N3O2/c1-3-11(2)15(17)16(21)18-12-7-4-5-8-13(12)19-10-6-9-14(19)20/h4-5,7-8,11,15H,3,6,9-10,17H2,1-2H3,(H,18,21). The lowest BCUT2D eigenvalue weighted by atomic mass is 9.99. The minimum atomic E-state index is -0.544. The van der Waals surface area contributed by atoms with Crippen molar-refractivity contribution in [1.29, 1.82) is 0 Å². The number of para-hydroxylation sites is 2. The van der Waals surface area contributed by atoms with Crippen LogP contribution < -0.4 is 16.0 Å². The van der Waals surface area contributed by atoms with E-state index in [1.165, 1.54) is 0 Å². The van der Waals surface area contributed by atoms with Crippen LogP contribution in [0, 0.1) is 5.92 Å². The van der Waals surface area contributed by atoms with E-state index in [4.69, 9.17) is 5.73 Å². The monoisotopic (exact) mass is 289 g/mol. The summed E-state index contributed by atoms with van der Waals surface area (Å²) >= 11 is 0. The summed E-state index contributed by atoms with van der Waals surface area (Å²) in [6, 6.07) is 6.83. The lowest BCUT2D eigenvalue weighted by molar-refractivity contribution is -0.118. The summed E-state index contributed by atoms with van der Waals surface area (Å²) in [5, 5.41) is 2.87. The van der Waals surface area contributed by atoms with Crippen molar-refractivity contribution >= 4 is 23.2 Å². The zero-order valence-corrected chi connectivity index (χ0v) is 12.6. The van der Waals surface area contributed by atoms with Crippen LogP contribution in [0.25, 0.3) is 0 Å². The molecule has 0 radical (unpaired) electrons. The molecular formula is C16H23N3O2. The highest BCUT2D eigenvalue weighted by molar-refractivity contribution is 6.03. The summed E-state index contributed by atoms with van der Waals surface area (Å²) in [6.45, 7) is 4.66. The fourth-order valence-electron chi connectivity index (χ4n) is 2.45. The van der Waals surface area contributed by atoms with Crippen LogP contribution in [0.15, 0.2) is 24.3 Å². The first-order valence-corrected chi connectivity index (χ1v) is 7.50. The van der Waals surface area contributed by atoms with Crippen LogP contribution in [0.2, 0.25) is 0 Å². The number of carbonyl (C=O) groups excluding carboxylic acids is 2. The number of hydrogen-bond acceptors (Lipinski definition) is 3. The molecule has 0 saturated carbocycles. The third-order valence-corrected chi connectivity index (χ3v) is 4.09. The summed E-state index contributed by atoms with van der Waals surface area (Å²) in [7, 11) is 0. The largest absolute Gasteiger partial charge is 0.323 e. The minimum absolute atomic E-state index is 0.0999. The zero-order valence-electron chi connectivity index (χ0n) is 12.6. The van der Waals surface area contributed by atoms with Crippen LogP contribution >= 0.6 is 0 Å². The Balaban J connectivity index is 2.17. The van der Waals surface area contributed by atoms with Gasteiger partial charge in [-0.15, -0.1) is 0 Å². The van der Waals surface area contributed by atoms with Crippen molar-refractivity contribution in [3.63, 3.8) is 0 Å². The van der Waals surface area contributed by atoms with Crippen molar-refractivity contribution in [3.05, 3.63) is 24.3 Å². The summed E-state index contributed by atoms with van der Waals surface area (Å²) in [5.41, 5.74) is 7.36. The highest BCUT2D eigenvalue weighted by Crippen LogP contribution is 2.29. The van der Waals surface area contributed by atoms with Gasteiger partial charge >= 0.3 is 0 Å². The van der Waals surface area contributed by atoms with Gasteiger partial charge in [0, 0.05) is 13.0 Å². The van der Waals surface area contributed by atoms with E-state index < -0.39 is 6.04 Å². The Morgan fingerprint density at radius 2 is 2.14 bits per heavy atom. The van der Waals surface area contributed by atoms with E-state index in [-0.39, 0.29) is 17.7 Å². The van der Waals surface area contributed by atoms with Gasteiger partial charge in [-0.1, -0.05) is 32.4 Å². The van der Waals surface area contributed by atoms with E-state index in [9.17, 15) is 9.59 Å². The van der Waals surface area contributed by atoms with E-state index in [0.717, 1.165) is 18.5 Å². The van der Waals surface area contributed by atoms with Gasteiger partial charge < -0.3 is 16.0 Å². The Hall–Kier alpha value is -1.88. The number of nitrogens with zero attached hydrogens (tertiary/aromatic N) is 1. The van der Waals surface area contributed by atoms with Crippen LogP contribution in [0.1, 0.15) is 33.1 Å². The van der Waals surface area contributed by atoms with Gasteiger partial charge in [0.05, 0.1) is 17.4 Å². The molecule has 3 N–H and O–H groups in total. The zero-order chi connectivity index (χ0) is 15.4. The minimum Gasteiger partial charge on any atom is -0.323 e. The smallest absolute Gasteiger partial charge is 0.241 e. The Bertz CT molecular complexity index is 530. The molecule has 2 rings (SSSR count). The molecule has 2 amide bonds. The average molecular weight is 289 g/mol. The molecule has 1 aliphatic rings. The molecule has 2 unspecified atom stereocenters. The first kappa shape index (κ1) is 15.5. The lowest BCUT2D eigenvalue weighted by Crippen LogP contribution is -2.41. The maximum atomic E-state index is 12.2. The second kappa shape index (κ2) is 6.72. The molecular weight excluding hydrogens is 266 g/mol. The van der Waals surface area contributed by atoms with Crippen molar-refractivity contribution in [2.24, 2.45) is 11.7 Å². The number of carbonyl (C=O) groups is 2. The Kier molecular flexibility index (Phi) is 4.96. The maximum absolute atomic E-state index is 12.2. The molecule has 0 spiro atoms. The van der Waals surface area contributed by atoms with Gasteiger partial charge in [0.1, 0.15) is 0 Å². The van der Waals surface area contributed by atoms with Gasteiger partial charge in [-0.3, -0.25) is 9.59 Å². The van der Waals surface area contributed by atoms with Crippen molar-refractivity contribution in [3.8, 4) is 0 Å². The summed E-state index contributed by atoms with van der Waals surface area (Å²) in [5.74, 6) is 0.0111. The van der Waals surface area contributed by atoms with Crippen LogP contribution in [0.4, 0.5) is 11.4 Å². The van der Waals surface area contributed by atoms with Crippen LogP contribution in [0.5, 0.6) is 0 Å². The van der Waals surface area contributed by atoms with Crippen molar-refractivity contribution in [2.75, 3.05) is 16.8 Å². The highest BCUT2D eigenvalue weighted by atomic mass is 16.2. The molecule has 5 nitrogen and oxygen atoms in total. The second-order valence-electron chi connectivity index (χ2n) is 5.57. The number of nitrogens with two attached hydrogens (primary N) is 1. The molecule has 1 aliphatic heterocycles. The molecule has 5 heteroatoms. The number of amides is 2. The van der Waals surface area contributed by atoms with Gasteiger partial charge in [0.15, 0.2) is 0 Å². The van der Waals surface area contributed by atoms with Gasteiger partial charge in [-0.25, -0.2) is 0 Å². The predicted molar refractivity (Wildman–Crippen MR) is 84.1 cm³/mol. The fraction of sp³-hybridized carbons (Fsp3) is 0.500. The Labute approximate surface area is 125 Å². The van der Waals surface area contributed by atoms with E-state index in [1.54, 1.807) is 4.90 Å². The molecule has 1 aromatic carbocycles. The number of rotatable bonds is 5. The molecule has 1 fully saturated rings. The summed E-state index contributed by atoms with van der Waals surface area (Å²) < 4.78 is 0. The lowest BCUT2D eigenvalue weighted by Gasteiger charge is -2.22. The van der Waals surface area contributed by atoms with Crippen LogP contribution in [0.3, 0.4) is 0 Å². The molecule has 0 bridgehead atoms. The molecule has 1 heterocycles. The molecule has 0 aliphatic carbocycles. The summed E-state index contributed by atoms with van der Waals surface area (Å²) in [6.07, 6.45) is 2.27. The predicted octanol–water partition coefficient (Wildman–Crippen LogP) is 2.13. The van der Waals surface area contributed by atoms with Gasteiger partial charge in [-0.05, 0) is 24.5 Å². The molecule has 21 heavy (non-hydrogen) atoms. The summed E-state index contributed by atoms with van der Waals surface area (Å²) in [4.78, 5) is 25.8. The van der Waals surface area contributed by atoms with E-state index in [1.807, 2.05) is 38.1 Å². The Morgan fingerprint density at radius 1 is 1.43 bits per heavy atom. The SMILES string of the molecule is CCC(C)C(N)C(=O)Nc1ccccc1N1CCCC1=O. The number of nitrogens with one attached hydrogen (secondary N) is 1. The van der Waals surface area contributed by atoms with Crippen LogP contribution in [-0.4, -0.2) is 24.4 Å². The molecule has 2 atom stereocenters. The molecule has 1 aromatic rings. The van der Waals surface area contributed by atoms with Gasteiger partial charge in [0.25, 0.3) is 0 Å². The first-order chi connectivity index (χ1) is 10.0. The van der Waals surface area contributed by atoms with Crippen LogP contribution in [-0.2, 0) is 9.59 Å². The highest BCUT2D eigenvalue weighted by Gasteiger charge is 2.25. The number of hydrogen-bond donors (Lipinski definition) is 2. The number of anilines is 2. The van der Waals surface area contributed by atoms with E-state index in [0.29, 0.717) is 18.7 Å². The van der Waals surface area contributed by atoms with Crippen molar-refractivity contribution < 1.29 is 9.59 Å². The fourth-order valence-corrected chi connectivity index (χ4v) is 2.45.